The minimum atomic E-state index is -1.31. The van der Waals surface area contributed by atoms with Crippen molar-refractivity contribution < 1.29 is 19.6 Å². The first-order valence-corrected chi connectivity index (χ1v) is 11.8. The van der Waals surface area contributed by atoms with Gasteiger partial charge in [-0.05, 0) is 25.5 Å². The van der Waals surface area contributed by atoms with Crippen LogP contribution in [-0.2, 0) is 6.54 Å². The van der Waals surface area contributed by atoms with Crippen molar-refractivity contribution in [1.29, 1.82) is 0 Å². The first kappa shape index (κ1) is 21.2. The van der Waals surface area contributed by atoms with Gasteiger partial charge in [-0.25, -0.2) is 0 Å². The molecule has 7 rings (SSSR count). The number of piperidine rings is 2. The third-order valence-corrected chi connectivity index (χ3v) is 9.25. The number of hydrogen-bond acceptors (Lipinski definition) is 4. The minimum absolute atomic E-state index is 0.0563. The summed E-state index contributed by atoms with van der Waals surface area (Å²) in [5, 5.41) is 26.0. The van der Waals surface area contributed by atoms with E-state index in [0.29, 0.717) is 26.2 Å². The quantitative estimate of drug-likeness (QED) is 0.427. The van der Waals surface area contributed by atoms with Gasteiger partial charge in [0.05, 0.1) is 5.56 Å². The Balaban J connectivity index is 1.47. The van der Waals surface area contributed by atoms with Crippen LogP contribution in [0.2, 0.25) is 0 Å². The molecule has 5 heterocycles. The summed E-state index contributed by atoms with van der Waals surface area (Å²) in [7, 11) is 0. The van der Waals surface area contributed by atoms with E-state index in [1.807, 2.05) is 30.3 Å². The zero-order chi connectivity index (χ0) is 23.9. The van der Waals surface area contributed by atoms with Gasteiger partial charge in [-0.15, -0.1) is 0 Å². The smallest absolute Gasteiger partial charge is 0.329 e. The zero-order valence-corrected chi connectivity index (χ0v) is 19.4. The van der Waals surface area contributed by atoms with Gasteiger partial charge in [0.1, 0.15) is 5.41 Å². The van der Waals surface area contributed by atoms with Crippen molar-refractivity contribution in [2.24, 2.45) is 5.41 Å². The summed E-state index contributed by atoms with van der Waals surface area (Å²) in [6.45, 7) is 5.48. The van der Waals surface area contributed by atoms with Crippen LogP contribution in [0.15, 0.2) is 60.8 Å². The molecule has 4 aliphatic rings. The molecular formula is C25H29N5O4+2. The van der Waals surface area contributed by atoms with Gasteiger partial charge < -0.3 is 4.57 Å². The van der Waals surface area contributed by atoms with Gasteiger partial charge >= 0.3 is 11.1 Å². The molecule has 1 aromatic heterocycles. The fourth-order valence-electron chi connectivity index (χ4n) is 7.34. The Kier molecular flexibility index (Phi) is 4.29. The van der Waals surface area contributed by atoms with E-state index in [0.717, 1.165) is 32.8 Å². The molecule has 4 saturated heterocycles. The van der Waals surface area contributed by atoms with Crippen molar-refractivity contribution >= 4 is 10.9 Å². The van der Waals surface area contributed by atoms with Crippen molar-refractivity contribution in [3.63, 3.8) is 0 Å². The maximum absolute atomic E-state index is 12.4. The Morgan fingerprint density at radius 3 is 1.97 bits per heavy atom. The number of nitro groups is 2. The highest BCUT2D eigenvalue weighted by atomic mass is 16.6. The normalized spacial score (nSPS) is 33.3. The van der Waals surface area contributed by atoms with Crippen molar-refractivity contribution in [2.75, 3.05) is 26.2 Å². The van der Waals surface area contributed by atoms with Crippen LogP contribution in [0.3, 0.4) is 0 Å². The number of aromatic nitrogens is 1. The predicted octanol–water partition coefficient (Wildman–Crippen LogP) is 0.556. The van der Waals surface area contributed by atoms with E-state index in [-0.39, 0.29) is 16.0 Å². The number of para-hydroxylation sites is 1. The molecule has 0 atom stereocenters. The summed E-state index contributed by atoms with van der Waals surface area (Å²) in [5.74, 6) is 0. The van der Waals surface area contributed by atoms with Crippen LogP contribution in [0.4, 0.5) is 0 Å². The van der Waals surface area contributed by atoms with Crippen LogP contribution in [0.5, 0.6) is 0 Å². The maximum atomic E-state index is 12.4. The summed E-state index contributed by atoms with van der Waals surface area (Å²) in [4.78, 5) is 26.4. The summed E-state index contributed by atoms with van der Waals surface area (Å²) in [6.07, 6.45) is 2.12. The van der Waals surface area contributed by atoms with Crippen LogP contribution in [0.25, 0.3) is 10.9 Å². The number of hydrogen-bond donors (Lipinski definition) is 2. The van der Waals surface area contributed by atoms with Gasteiger partial charge in [-0.2, -0.15) is 0 Å². The standard InChI is InChI=1S/C25H27N5O4/c1-23(2)24(29(31)32)14-27-16-25(23,30(33)34)17-28(15-24)22(27)20-13-26(12-18-8-4-3-5-9-18)21-11-7-6-10-19(20)21/h3-11,13,22H,12,14-17H2,1-2H3/p+2. The summed E-state index contributed by atoms with van der Waals surface area (Å²) in [6, 6.07) is 18.5. The second kappa shape index (κ2) is 6.86. The second-order valence-corrected chi connectivity index (χ2v) is 10.9. The van der Waals surface area contributed by atoms with Gasteiger partial charge in [-0.1, -0.05) is 48.5 Å². The third-order valence-electron chi connectivity index (χ3n) is 9.25. The van der Waals surface area contributed by atoms with Crippen LogP contribution in [0.1, 0.15) is 31.1 Å². The Morgan fingerprint density at radius 2 is 1.41 bits per heavy atom. The van der Waals surface area contributed by atoms with Gasteiger partial charge in [0.2, 0.25) is 6.17 Å². The zero-order valence-electron chi connectivity index (χ0n) is 19.4. The monoisotopic (exact) mass is 463 g/mol. The molecule has 176 valence electrons. The molecule has 0 aliphatic carbocycles. The van der Waals surface area contributed by atoms with E-state index in [1.54, 1.807) is 13.8 Å². The molecule has 34 heavy (non-hydrogen) atoms. The van der Waals surface area contributed by atoms with Gasteiger partial charge in [-0.3, -0.25) is 30.0 Å². The van der Waals surface area contributed by atoms with E-state index in [2.05, 4.69) is 35.0 Å². The molecule has 3 aromatic rings. The maximum Gasteiger partial charge on any atom is 0.329 e. The lowest BCUT2D eigenvalue weighted by Crippen LogP contribution is -3.43. The topological polar surface area (TPSA) is 100 Å². The predicted molar refractivity (Wildman–Crippen MR) is 125 cm³/mol. The first-order chi connectivity index (χ1) is 16.2. The minimum Gasteiger partial charge on any atom is -0.342 e. The molecule has 4 fully saturated rings. The molecule has 4 aliphatic heterocycles. The molecule has 4 bridgehead atoms. The Bertz CT molecular complexity index is 1270. The molecule has 0 radical (unpaired) electrons. The highest BCUT2D eigenvalue weighted by Gasteiger charge is 2.87. The van der Waals surface area contributed by atoms with Crippen molar-refractivity contribution in [1.82, 2.24) is 4.57 Å². The number of quaternary nitrogens is 2. The first-order valence-electron chi connectivity index (χ1n) is 11.8. The second-order valence-electron chi connectivity index (χ2n) is 10.9. The molecule has 9 heteroatoms. The van der Waals surface area contributed by atoms with Gasteiger partial charge in [0, 0.05) is 33.5 Å². The fraction of sp³-hybridized carbons (Fsp3) is 0.440. The van der Waals surface area contributed by atoms with E-state index in [4.69, 9.17) is 0 Å². The number of fused-ring (bicyclic) bond motifs is 1. The molecular weight excluding hydrogens is 434 g/mol. The van der Waals surface area contributed by atoms with Crippen LogP contribution >= 0.6 is 0 Å². The lowest BCUT2D eigenvalue weighted by molar-refractivity contribution is -1.20. The van der Waals surface area contributed by atoms with E-state index >= 15 is 0 Å². The molecule has 2 N–H and O–H groups in total. The number of benzene rings is 2. The molecule has 0 spiro atoms. The van der Waals surface area contributed by atoms with Crippen molar-refractivity contribution in [3.8, 4) is 0 Å². The third kappa shape index (κ3) is 2.51. The summed E-state index contributed by atoms with van der Waals surface area (Å²) < 4.78 is 2.24. The Morgan fingerprint density at radius 1 is 0.882 bits per heavy atom. The lowest BCUT2D eigenvalue weighted by Gasteiger charge is -2.60. The SMILES string of the molecule is CC1(C)C2([N+](=O)[O-])C[NH+]3CC1([N+](=O)[O-])C[NH+](C2)C3c1cn(Cc2ccccc2)c2ccccc12. The van der Waals surface area contributed by atoms with Crippen molar-refractivity contribution in [3.05, 3.63) is 92.1 Å². The summed E-state index contributed by atoms with van der Waals surface area (Å²) in [5.41, 5.74) is -0.191. The van der Waals surface area contributed by atoms with E-state index in [9.17, 15) is 20.2 Å². The van der Waals surface area contributed by atoms with Crippen LogP contribution < -0.4 is 9.80 Å². The molecule has 0 amide bonds. The summed E-state index contributed by atoms with van der Waals surface area (Å²) >= 11 is 0. The van der Waals surface area contributed by atoms with Crippen molar-refractivity contribution in [2.45, 2.75) is 37.6 Å². The molecule has 0 unspecified atom stereocenters. The van der Waals surface area contributed by atoms with Gasteiger partial charge in [0.15, 0.2) is 26.2 Å². The number of nitrogens with zero attached hydrogens (tertiary/aromatic N) is 3. The lowest BCUT2D eigenvalue weighted by atomic mass is 9.53. The average molecular weight is 464 g/mol. The van der Waals surface area contributed by atoms with E-state index < -0.39 is 16.5 Å². The molecule has 0 saturated carbocycles. The van der Waals surface area contributed by atoms with Crippen LogP contribution in [0, 0.1) is 25.6 Å². The van der Waals surface area contributed by atoms with E-state index in [1.165, 1.54) is 5.56 Å². The fourth-order valence-corrected chi connectivity index (χ4v) is 7.34. The molecule has 2 aromatic carbocycles. The highest BCUT2D eigenvalue weighted by Crippen LogP contribution is 2.48. The molecule has 9 nitrogen and oxygen atoms in total. The Labute approximate surface area is 196 Å². The average Bonchev–Trinajstić information content (AvgIpc) is 3.15. The van der Waals surface area contributed by atoms with Gasteiger partial charge in [0.25, 0.3) is 0 Å². The largest absolute Gasteiger partial charge is 0.342 e. The Hall–Kier alpha value is -3.30. The number of rotatable bonds is 5. The highest BCUT2D eigenvalue weighted by molar-refractivity contribution is 5.84. The van der Waals surface area contributed by atoms with Crippen LogP contribution in [-0.4, -0.2) is 51.7 Å². The number of nitrogens with one attached hydrogen (secondary N) is 2.